The molecule has 1 aromatic carbocycles. The predicted molar refractivity (Wildman–Crippen MR) is 78.3 cm³/mol. The first-order chi connectivity index (χ1) is 8.98. The Hall–Kier alpha value is -0.860. The molecular formula is C17H25NO. The lowest BCUT2D eigenvalue weighted by Crippen LogP contribution is -2.63. The molecule has 104 valence electrons. The molecule has 2 saturated carbocycles. The van der Waals surface area contributed by atoms with E-state index >= 15 is 0 Å². The molecule has 0 aromatic heterocycles. The summed E-state index contributed by atoms with van der Waals surface area (Å²) in [6, 6.07) is 9.88. The molecular weight excluding hydrogens is 234 g/mol. The first-order valence-corrected chi connectivity index (χ1v) is 7.48. The van der Waals surface area contributed by atoms with Crippen LogP contribution in [-0.4, -0.2) is 23.3 Å². The van der Waals surface area contributed by atoms with E-state index in [0.29, 0.717) is 12.1 Å². The van der Waals surface area contributed by atoms with Gasteiger partial charge in [-0.2, -0.15) is 0 Å². The molecule has 2 atom stereocenters. The van der Waals surface area contributed by atoms with Gasteiger partial charge < -0.3 is 10.4 Å². The van der Waals surface area contributed by atoms with Gasteiger partial charge in [0.15, 0.2) is 0 Å². The Kier molecular flexibility index (Phi) is 3.18. The minimum atomic E-state index is -0.128. The maximum atomic E-state index is 9.78. The van der Waals surface area contributed by atoms with Crippen LogP contribution in [0, 0.1) is 12.3 Å². The zero-order valence-corrected chi connectivity index (χ0v) is 12.2. The highest BCUT2D eigenvalue weighted by Gasteiger charge is 2.48. The van der Waals surface area contributed by atoms with E-state index in [4.69, 9.17) is 0 Å². The molecule has 0 amide bonds. The van der Waals surface area contributed by atoms with Gasteiger partial charge in [-0.25, -0.2) is 0 Å². The Morgan fingerprint density at radius 3 is 2.42 bits per heavy atom. The standard InChI is InChI=1S/C17H25NO/c1-11-6-4-5-7-14(11)12-8-13(9-12)18-15-10-16(19)17(15,2)3/h4-7,12-13,15-16,18-19H,8-10H2,1-3H3. The fraction of sp³-hybridized carbons (Fsp3) is 0.647. The molecule has 2 nitrogen and oxygen atoms in total. The maximum absolute atomic E-state index is 9.78. The van der Waals surface area contributed by atoms with E-state index in [1.165, 1.54) is 24.0 Å². The molecule has 2 aliphatic rings. The van der Waals surface area contributed by atoms with Crippen molar-refractivity contribution in [2.45, 2.75) is 64.1 Å². The molecule has 1 aromatic rings. The summed E-state index contributed by atoms with van der Waals surface area (Å²) in [5.74, 6) is 0.729. The van der Waals surface area contributed by atoms with Crippen LogP contribution < -0.4 is 5.32 Å². The van der Waals surface area contributed by atoms with Crippen LogP contribution in [-0.2, 0) is 0 Å². The van der Waals surface area contributed by atoms with Crippen LogP contribution in [0.2, 0.25) is 0 Å². The smallest absolute Gasteiger partial charge is 0.0621 e. The molecule has 2 aliphatic carbocycles. The van der Waals surface area contributed by atoms with Crippen molar-refractivity contribution in [3.8, 4) is 0 Å². The summed E-state index contributed by atoms with van der Waals surface area (Å²) < 4.78 is 0. The van der Waals surface area contributed by atoms with Crippen molar-refractivity contribution >= 4 is 0 Å². The van der Waals surface area contributed by atoms with E-state index in [0.717, 1.165) is 12.3 Å². The molecule has 2 N–H and O–H groups in total. The predicted octanol–water partition coefficient (Wildman–Crippen LogP) is 2.99. The lowest BCUT2D eigenvalue weighted by molar-refractivity contribution is -0.0793. The third kappa shape index (κ3) is 2.21. The van der Waals surface area contributed by atoms with Crippen molar-refractivity contribution in [2.75, 3.05) is 0 Å². The number of aliphatic hydroxyl groups is 1. The molecule has 0 aliphatic heterocycles. The fourth-order valence-corrected chi connectivity index (χ4v) is 3.52. The van der Waals surface area contributed by atoms with Crippen molar-refractivity contribution in [1.29, 1.82) is 0 Å². The third-order valence-corrected chi connectivity index (χ3v) is 5.42. The molecule has 0 heterocycles. The Labute approximate surface area is 116 Å². The topological polar surface area (TPSA) is 32.3 Å². The van der Waals surface area contributed by atoms with Gasteiger partial charge in [0.05, 0.1) is 6.10 Å². The second-order valence-electron chi connectivity index (χ2n) is 7.01. The first-order valence-electron chi connectivity index (χ1n) is 7.48. The Bertz CT molecular complexity index is 462. The average molecular weight is 259 g/mol. The Balaban J connectivity index is 1.53. The zero-order chi connectivity index (χ0) is 13.6. The zero-order valence-electron chi connectivity index (χ0n) is 12.2. The fourth-order valence-electron chi connectivity index (χ4n) is 3.52. The quantitative estimate of drug-likeness (QED) is 0.874. The van der Waals surface area contributed by atoms with Gasteiger partial charge in [-0.15, -0.1) is 0 Å². The number of nitrogens with one attached hydrogen (secondary N) is 1. The van der Waals surface area contributed by atoms with Crippen molar-refractivity contribution in [1.82, 2.24) is 5.32 Å². The van der Waals surface area contributed by atoms with E-state index in [-0.39, 0.29) is 11.5 Å². The molecule has 2 unspecified atom stereocenters. The number of rotatable bonds is 3. The molecule has 0 bridgehead atoms. The molecule has 0 radical (unpaired) electrons. The molecule has 2 heteroatoms. The van der Waals surface area contributed by atoms with Crippen molar-refractivity contribution in [2.24, 2.45) is 5.41 Å². The van der Waals surface area contributed by atoms with Crippen LogP contribution in [0.25, 0.3) is 0 Å². The number of aliphatic hydroxyl groups excluding tert-OH is 1. The monoisotopic (exact) mass is 259 g/mol. The summed E-state index contributed by atoms with van der Waals surface area (Å²) in [4.78, 5) is 0. The highest BCUT2D eigenvalue weighted by Crippen LogP contribution is 2.44. The summed E-state index contributed by atoms with van der Waals surface area (Å²) in [5, 5.41) is 13.5. The van der Waals surface area contributed by atoms with Gasteiger partial charge in [-0.3, -0.25) is 0 Å². The highest BCUT2D eigenvalue weighted by atomic mass is 16.3. The summed E-state index contributed by atoms with van der Waals surface area (Å²) in [6.45, 7) is 6.54. The van der Waals surface area contributed by atoms with Gasteiger partial charge >= 0.3 is 0 Å². The van der Waals surface area contributed by atoms with Crippen LogP contribution >= 0.6 is 0 Å². The largest absolute Gasteiger partial charge is 0.392 e. The minimum Gasteiger partial charge on any atom is -0.392 e. The van der Waals surface area contributed by atoms with Gasteiger partial charge in [0.2, 0.25) is 0 Å². The highest BCUT2D eigenvalue weighted by molar-refractivity contribution is 5.31. The van der Waals surface area contributed by atoms with E-state index in [1.54, 1.807) is 0 Å². The Morgan fingerprint density at radius 2 is 1.84 bits per heavy atom. The van der Waals surface area contributed by atoms with Crippen LogP contribution in [0.5, 0.6) is 0 Å². The lowest BCUT2D eigenvalue weighted by atomic mass is 9.63. The van der Waals surface area contributed by atoms with E-state index < -0.39 is 0 Å². The molecule has 19 heavy (non-hydrogen) atoms. The van der Waals surface area contributed by atoms with Crippen LogP contribution in [0.4, 0.5) is 0 Å². The van der Waals surface area contributed by atoms with Crippen molar-refractivity contribution in [3.63, 3.8) is 0 Å². The third-order valence-electron chi connectivity index (χ3n) is 5.42. The SMILES string of the molecule is Cc1ccccc1C1CC(NC2CC(O)C2(C)C)C1. The summed E-state index contributed by atoms with van der Waals surface area (Å²) >= 11 is 0. The summed E-state index contributed by atoms with van der Waals surface area (Å²) in [5.41, 5.74) is 2.99. The Morgan fingerprint density at radius 1 is 1.16 bits per heavy atom. The van der Waals surface area contributed by atoms with Crippen LogP contribution in [0.3, 0.4) is 0 Å². The second kappa shape index (κ2) is 4.60. The lowest BCUT2D eigenvalue weighted by Gasteiger charge is -2.53. The van der Waals surface area contributed by atoms with Gasteiger partial charge in [0.1, 0.15) is 0 Å². The van der Waals surface area contributed by atoms with Crippen molar-refractivity contribution in [3.05, 3.63) is 35.4 Å². The molecule has 3 rings (SSSR count). The number of benzene rings is 1. The summed E-state index contributed by atoms with van der Waals surface area (Å²) in [7, 11) is 0. The van der Waals surface area contributed by atoms with Gasteiger partial charge in [0, 0.05) is 17.5 Å². The van der Waals surface area contributed by atoms with Crippen LogP contribution in [0.1, 0.15) is 50.2 Å². The van der Waals surface area contributed by atoms with Gasteiger partial charge in [-0.05, 0) is 43.2 Å². The van der Waals surface area contributed by atoms with Crippen molar-refractivity contribution < 1.29 is 5.11 Å². The van der Waals surface area contributed by atoms with E-state index in [1.807, 2.05) is 0 Å². The van der Waals surface area contributed by atoms with Gasteiger partial charge in [0.25, 0.3) is 0 Å². The summed E-state index contributed by atoms with van der Waals surface area (Å²) in [6.07, 6.45) is 3.27. The minimum absolute atomic E-state index is 0.0494. The average Bonchev–Trinajstić information content (AvgIpc) is 2.33. The number of hydrogen-bond donors (Lipinski definition) is 2. The maximum Gasteiger partial charge on any atom is 0.0621 e. The molecule has 0 spiro atoms. The molecule has 2 fully saturated rings. The van der Waals surface area contributed by atoms with Crippen LogP contribution in [0.15, 0.2) is 24.3 Å². The van der Waals surface area contributed by atoms with Gasteiger partial charge in [-0.1, -0.05) is 38.1 Å². The second-order valence-corrected chi connectivity index (χ2v) is 7.01. The first kappa shape index (κ1) is 13.1. The number of aryl methyl sites for hydroxylation is 1. The molecule has 0 saturated heterocycles. The number of hydrogen-bond acceptors (Lipinski definition) is 2. The van der Waals surface area contributed by atoms with E-state index in [2.05, 4.69) is 50.4 Å². The normalized spacial score (nSPS) is 36.4. The van der Waals surface area contributed by atoms with E-state index in [9.17, 15) is 5.11 Å².